The van der Waals surface area contributed by atoms with Gasteiger partial charge in [0.05, 0.1) is 13.5 Å². The van der Waals surface area contributed by atoms with Crippen LogP contribution in [0.2, 0.25) is 0 Å². The maximum atomic E-state index is 12.8. The average molecular weight is 396 g/mol. The minimum absolute atomic E-state index is 0.150. The molecule has 29 heavy (non-hydrogen) atoms. The summed E-state index contributed by atoms with van der Waals surface area (Å²) in [6.45, 7) is 12.6. The molecule has 156 valence electrons. The van der Waals surface area contributed by atoms with Crippen molar-refractivity contribution in [3.63, 3.8) is 0 Å². The van der Waals surface area contributed by atoms with Crippen LogP contribution >= 0.6 is 0 Å². The van der Waals surface area contributed by atoms with Gasteiger partial charge in [-0.3, -0.25) is 9.59 Å². The number of benzene rings is 1. The zero-order valence-corrected chi connectivity index (χ0v) is 18.3. The number of rotatable bonds is 11. The van der Waals surface area contributed by atoms with Gasteiger partial charge in [-0.1, -0.05) is 68.0 Å². The predicted molar refractivity (Wildman–Crippen MR) is 120 cm³/mol. The summed E-state index contributed by atoms with van der Waals surface area (Å²) in [7, 11) is 1.62. The zero-order chi connectivity index (χ0) is 21.8. The van der Waals surface area contributed by atoms with Crippen molar-refractivity contribution in [1.29, 1.82) is 0 Å². The normalized spacial score (nSPS) is 12.3. The van der Waals surface area contributed by atoms with Gasteiger partial charge in [-0.05, 0) is 43.5 Å². The van der Waals surface area contributed by atoms with Gasteiger partial charge in [-0.2, -0.15) is 0 Å². The molecule has 0 radical (unpaired) electrons. The quantitative estimate of drug-likeness (QED) is 0.291. The number of amides is 1. The van der Waals surface area contributed by atoms with Crippen molar-refractivity contribution >= 4 is 11.7 Å². The Labute approximate surface area is 175 Å². The Kier molecular flexibility index (Phi) is 10.5. The van der Waals surface area contributed by atoms with Crippen LogP contribution in [0.15, 0.2) is 72.4 Å². The molecule has 0 atom stereocenters. The van der Waals surface area contributed by atoms with Gasteiger partial charge in [-0.15, -0.1) is 0 Å². The third-order valence-corrected chi connectivity index (χ3v) is 4.18. The number of methoxy groups -OCH3 is 1. The molecule has 0 heterocycles. The van der Waals surface area contributed by atoms with Crippen LogP contribution < -0.4 is 4.74 Å². The lowest BCUT2D eigenvalue weighted by molar-refractivity contribution is -0.134. The molecule has 0 spiro atoms. The Morgan fingerprint density at radius 3 is 2.34 bits per heavy atom. The minimum atomic E-state index is -0.198. The molecule has 0 saturated carbocycles. The summed E-state index contributed by atoms with van der Waals surface area (Å²) in [6, 6.07) is 7.57. The predicted octanol–water partition coefficient (Wildman–Crippen LogP) is 5.27. The number of nitrogens with zero attached hydrogens (tertiary/aromatic N) is 1. The Morgan fingerprint density at radius 1 is 1.14 bits per heavy atom. The maximum absolute atomic E-state index is 12.8. The van der Waals surface area contributed by atoms with E-state index in [0.29, 0.717) is 19.0 Å². The highest BCUT2D eigenvalue weighted by molar-refractivity contribution is 6.03. The van der Waals surface area contributed by atoms with Crippen LogP contribution in [0.3, 0.4) is 0 Å². The van der Waals surface area contributed by atoms with E-state index in [1.807, 2.05) is 44.2 Å². The van der Waals surface area contributed by atoms with Crippen LogP contribution in [0.5, 0.6) is 5.75 Å². The highest BCUT2D eigenvalue weighted by atomic mass is 16.5. The average Bonchev–Trinajstić information content (AvgIpc) is 2.66. The monoisotopic (exact) mass is 395 g/mol. The van der Waals surface area contributed by atoms with E-state index in [9.17, 15) is 9.59 Å². The molecule has 0 saturated heterocycles. The third-order valence-electron chi connectivity index (χ3n) is 4.18. The fourth-order valence-corrected chi connectivity index (χ4v) is 2.86. The Bertz CT molecular complexity index is 783. The van der Waals surface area contributed by atoms with Gasteiger partial charge in [0.1, 0.15) is 5.75 Å². The minimum Gasteiger partial charge on any atom is -0.497 e. The molecule has 0 fully saturated rings. The van der Waals surface area contributed by atoms with E-state index in [1.165, 1.54) is 6.08 Å². The molecule has 0 aliphatic heterocycles. The summed E-state index contributed by atoms with van der Waals surface area (Å²) in [6.07, 6.45) is 8.75. The van der Waals surface area contributed by atoms with Crippen LogP contribution in [-0.4, -0.2) is 30.2 Å². The SMILES string of the molecule is C=C/C=C(\C)CN(Cc1ccc(OC)cc1)C(=O)CC(=O)/C=C/C(C)=C/C(C)C. The fourth-order valence-electron chi connectivity index (χ4n) is 2.86. The van der Waals surface area contributed by atoms with Gasteiger partial charge in [0, 0.05) is 13.1 Å². The summed E-state index contributed by atoms with van der Waals surface area (Å²) in [5, 5.41) is 0. The molecular weight excluding hydrogens is 362 g/mol. The van der Waals surface area contributed by atoms with Gasteiger partial charge in [0.15, 0.2) is 5.78 Å². The summed E-state index contributed by atoms with van der Waals surface area (Å²) in [5.74, 6) is 0.782. The van der Waals surface area contributed by atoms with E-state index in [0.717, 1.165) is 22.5 Å². The Balaban J connectivity index is 2.88. The van der Waals surface area contributed by atoms with Crippen molar-refractivity contribution in [2.75, 3.05) is 13.7 Å². The van der Waals surface area contributed by atoms with Crippen molar-refractivity contribution in [3.05, 3.63) is 77.9 Å². The van der Waals surface area contributed by atoms with Crippen molar-refractivity contribution in [2.45, 2.75) is 40.7 Å². The molecule has 4 nitrogen and oxygen atoms in total. The van der Waals surface area contributed by atoms with E-state index in [1.54, 1.807) is 24.2 Å². The largest absolute Gasteiger partial charge is 0.497 e. The Hall–Kier alpha value is -2.88. The number of ether oxygens (including phenoxy) is 1. The second-order valence-corrected chi connectivity index (χ2v) is 7.48. The third kappa shape index (κ3) is 9.74. The molecule has 1 aromatic carbocycles. The van der Waals surface area contributed by atoms with Crippen molar-refractivity contribution in [1.82, 2.24) is 4.90 Å². The maximum Gasteiger partial charge on any atom is 0.230 e. The smallest absolute Gasteiger partial charge is 0.230 e. The van der Waals surface area contributed by atoms with Gasteiger partial charge >= 0.3 is 0 Å². The molecular formula is C25H33NO3. The van der Waals surface area contributed by atoms with E-state index in [2.05, 4.69) is 26.5 Å². The molecule has 0 aliphatic rings. The van der Waals surface area contributed by atoms with Gasteiger partial charge < -0.3 is 9.64 Å². The molecule has 1 aromatic rings. The summed E-state index contributed by atoms with van der Waals surface area (Å²) >= 11 is 0. The lowest BCUT2D eigenvalue weighted by atomic mass is 10.1. The molecule has 0 aromatic heterocycles. The number of ketones is 1. The van der Waals surface area contributed by atoms with E-state index in [-0.39, 0.29) is 18.1 Å². The van der Waals surface area contributed by atoms with Crippen molar-refractivity contribution < 1.29 is 14.3 Å². The first-order valence-electron chi connectivity index (χ1n) is 9.83. The lowest BCUT2D eigenvalue weighted by Crippen LogP contribution is -2.33. The molecule has 0 bridgehead atoms. The number of allylic oxidation sites excluding steroid dienone is 6. The second-order valence-electron chi connectivity index (χ2n) is 7.48. The highest BCUT2D eigenvalue weighted by Gasteiger charge is 2.17. The van der Waals surface area contributed by atoms with Gasteiger partial charge in [0.25, 0.3) is 0 Å². The molecule has 4 heteroatoms. The standard InChI is InChI=1S/C25H33NO3/c1-7-8-21(5)17-26(18-22-10-13-24(29-6)14-11-22)25(28)16-23(27)12-9-20(4)15-19(2)3/h7-15,19H,1,16-18H2,2-6H3/b12-9+,20-15+,21-8+. The first kappa shape index (κ1) is 24.2. The Morgan fingerprint density at radius 2 is 1.79 bits per heavy atom. The van der Waals surface area contributed by atoms with Crippen LogP contribution in [0, 0.1) is 5.92 Å². The first-order valence-corrected chi connectivity index (χ1v) is 9.83. The van der Waals surface area contributed by atoms with Crippen LogP contribution in [0.25, 0.3) is 0 Å². The summed E-state index contributed by atoms with van der Waals surface area (Å²) in [5.41, 5.74) is 2.99. The fraction of sp³-hybridized carbons (Fsp3) is 0.360. The number of carbonyl (C=O) groups is 2. The van der Waals surface area contributed by atoms with Crippen LogP contribution in [0.4, 0.5) is 0 Å². The molecule has 1 amide bonds. The first-order chi connectivity index (χ1) is 13.7. The van der Waals surface area contributed by atoms with Gasteiger partial charge in [-0.25, -0.2) is 0 Å². The highest BCUT2D eigenvalue weighted by Crippen LogP contribution is 2.15. The summed E-state index contributed by atoms with van der Waals surface area (Å²) in [4.78, 5) is 26.8. The number of hydrogen-bond acceptors (Lipinski definition) is 3. The number of hydrogen-bond donors (Lipinski definition) is 0. The molecule has 0 aliphatic carbocycles. The second kappa shape index (κ2) is 12.6. The van der Waals surface area contributed by atoms with Gasteiger partial charge in [0.2, 0.25) is 5.91 Å². The molecule has 0 N–H and O–H groups in total. The molecule has 0 unspecified atom stereocenters. The van der Waals surface area contributed by atoms with Crippen LogP contribution in [0.1, 0.15) is 39.7 Å². The van der Waals surface area contributed by atoms with E-state index >= 15 is 0 Å². The zero-order valence-electron chi connectivity index (χ0n) is 18.3. The topological polar surface area (TPSA) is 46.6 Å². The molecule has 1 rings (SSSR count). The number of carbonyl (C=O) groups excluding carboxylic acids is 2. The summed E-state index contributed by atoms with van der Waals surface area (Å²) < 4.78 is 5.18. The van der Waals surface area contributed by atoms with Crippen molar-refractivity contribution in [2.24, 2.45) is 5.92 Å². The van der Waals surface area contributed by atoms with Crippen molar-refractivity contribution in [3.8, 4) is 5.75 Å². The van der Waals surface area contributed by atoms with E-state index in [4.69, 9.17) is 4.74 Å². The lowest BCUT2D eigenvalue weighted by Gasteiger charge is -2.23. The van der Waals surface area contributed by atoms with Crippen LogP contribution in [-0.2, 0) is 16.1 Å². The van der Waals surface area contributed by atoms with E-state index < -0.39 is 0 Å².